The van der Waals surface area contributed by atoms with Crippen molar-refractivity contribution in [1.82, 2.24) is 16.2 Å². The molecular formula is C23H22FN3O4. The van der Waals surface area contributed by atoms with E-state index in [9.17, 15) is 14.0 Å². The normalized spacial score (nSPS) is 13.8. The fraction of sp³-hybridized carbons (Fsp3) is 0.217. The van der Waals surface area contributed by atoms with E-state index in [4.69, 9.17) is 9.15 Å². The quantitative estimate of drug-likeness (QED) is 0.506. The standard InChI is InChI=1S/C23H22FN3O4/c24-19-9-5-4-8-18(19)23(12-13-23)15-25-22(29)27-26-21(28)20-11-10-17(31-20)14-30-16-6-2-1-3-7-16/h1-11H,12-15H2,(H,26,28)(H2,25,27,29). The average molecular weight is 423 g/mol. The smallest absolute Gasteiger partial charge is 0.333 e. The van der Waals surface area contributed by atoms with Gasteiger partial charge in [0.15, 0.2) is 5.76 Å². The highest BCUT2D eigenvalue weighted by molar-refractivity contribution is 5.92. The van der Waals surface area contributed by atoms with Gasteiger partial charge in [-0.1, -0.05) is 36.4 Å². The number of carbonyl (C=O) groups is 2. The molecule has 1 aliphatic carbocycles. The molecule has 3 aromatic rings. The van der Waals surface area contributed by atoms with Gasteiger partial charge in [0.2, 0.25) is 0 Å². The van der Waals surface area contributed by atoms with Crippen LogP contribution in [0.1, 0.15) is 34.7 Å². The van der Waals surface area contributed by atoms with Gasteiger partial charge in [0.25, 0.3) is 0 Å². The van der Waals surface area contributed by atoms with Crippen LogP contribution in [-0.4, -0.2) is 18.5 Å². The number of furan rings is 1. The zero-order valence-corrected chi connectivity index (χ0v) is 16.7. The molecule has 1 aromatic heterocycles. The summed E-state index contributed by atoms with van der Waals surface area (Å²) < 4.78 is 25.1. The van der Waals surface area contributed by atoms with Gasteiger partial charge in [-0.25, -0.2) is 14.6 Å². The summed E-state index contributed by atoms with van der Waals surface area (Å²) in [5.41, 5.74) is 4.77. The van der Waals surface area contributed by atoms with Crippen LogP contribution in [0.25, 0.3) is 0 Å². The lowest BCUT2D eigenvalue weighted by atomic mass is 9.95. The van der Waals surface area contributed by atoms with Crippen LogP contribution in [0.5, 0.6) is 5.75 Å². The Balaban J connectivity index is 1.22. The first kappa shape index (κ1) is 20.5. The van der Waals surface area contributed by atoms with Crippen molar-refractivity contribution >= 4 is 11.9 Å². The lowest BCUT2D eigenvalue weighted by Crippen LogP contribution is -2.48. The summed E-state index contributed by atoms with van der Waals surface area (Å²) >= 11 is 0. The first-order chi connectivity index (χ1) is 15.1. The molecule has 1 heterocycles. The second kappa shape index (κ2) is 8.91. The van der Waals surface area contributed by atoms with Crippen molar-refractivity contribution in [2.45, 2.75) is 24.9 Å². The van der Waals surface area contributed by atoms with E-state index >= 15 is 0 Å². The van der Waals surface area contributed by atoms with Gasteiger partial charge in [-0.05, 0) is 48.7 Å². The van der Waals surface area contributed by atoms with Crippen LogP contribution < -0.4 is 20.9 Å². The molecule has 0 bridgehead atoms. The van der Waals surface area contributed by atoms with E-state index in [0.29, 0.717) is 17.1 Å². The van der Waals surface area contributed by atoms with E-state index in [1.807, 2.05) is 30.3 Å². The number of ether oxygens (including phenoxy) is 1. The average Bonchev–Trinajstić information content (AvgIpc) is 3.43. The largest absolute Gasteiger partial charge is 0.486 e. The summed E-state index contributed by atoms with van der Waals surface area (Å²) in [5, 5.41) is 2.68. The fourth-order valence-electron chi connectivity index (χ4n) is 3.30. The van der Waals surface area contributed by atoms with Crippen LogP contribution in [0.4, 0.5) is 9.18 Å². The highest BCUT2D eigenvalue weighted by Gasteiger charge is 2.46. The van der Waals surface area contributed by atoms with Crippen LogP contribution in [0.15, 0.2) is 71.1 Å². The van der Waals surface area contributed by atoms with E-state index in [0.717, 1.165) is 12.8 Å². The summed E-state index contributed by atoms with van der Waals surface area (Å²) in [6.07, 6.45) is 1.58. The van der Waals surface area contributed by atoms with Crippen molar-refractivity contribution in [2.24, 2.45) is 0 Å². The van der Waals surface area contributed by atoms with Crippen molar-refractivity contribution in [3.05, 3.63) is 89.6 Å². The van der Waals surface area contributed by atoms with E-state index in [2.05, 4.69) is 16.2 Å². The second-order valence-corrected chi connectivity index (χ2v) is 7.39. The van der Waals surface area contributed by atoms with Crippen LogP contribution in [0, 0.1) is 5.82 Å². The molecule has 0 unspecified atom stereocenters. The lowest BCUT2D eigenvalue weighted by Gasteiger charge is -2.17. The molecule has 1 fully saturated rings. The highest BCUT2D eigenvalue weighted by atomic mass is 19.1. The molecule has 8 heteroatoms. The summed E-state index contributed by atoms with van der Waals surface area (Å²) in [5.74, 6) is 0.319. The minimum absolute atomic E-state index is 0.0389. The van der Waals surface area contributed by atoms with Crippen molar-refractivity contribution in [2.75, 3.05) is 6.54 Å². The number of para-hydroxylation sites is 1. The molecule has 0 radical (unpaired) electrons. The number of urea groups is 1. The van der Waals surface area contributed by atoms with Gasteiger partial charge in [0, 0.05) is 12.0 Å². The number of amides is 3. The number of halogens is 1. The Kier molecular flexibility index (Phi) is 5.88. The number of hydrogen-bond donors (Lipinski definition) is 3. The van der Waals surface area contributed by atoms with Crippen molar-refractivity contribution in [3.63, 3.8) is 0 Å². The highest BCUT2D eigenvalue weighted by Crippen LogP contribution is 2.48. The molecule has 4 rings (SSSR count). The number of hydrogen-bond acceptors (Lipinski definition) is 4. The maximum atomic E-state index is 14.0. The summed E-state index contributed by atoms with van der Waals surface area (Å²) in [4.78, 5) is 24.2. The molecule has 2 aromatic carbocycles. The first-order valence-corrected chi connectivity index (χ1v) is 9.91. The fourth-order valence-corrected chi connectivity index (χ4v) is 3.30. The van der Waals surface area contributed by atoms with Gasteiger partial charge >= 0.3 is 11.9 Å². The van der Waals surface area contributed by atoms with E-state index in [1.165, 1.54) is 12.1 Å². The third kappa shape index (κ3) is 5.03. The van der Waals surface area contributed by atoms with Gasteiger partial charge in [-0.3, -0.25) is 10.2 Å². The van der Waals surface area contributed by atoms with Gasteiger partial charge in [0.05, 0.1) is 0 Å². The maximum absolute atomic E-state index is 14.0. The van der Waals surface area contributed by atoms with Gasteiger partial charge in [-0.2, -0.15) is 0 Å². The second-order valence-electron chi connectivity index (χ2n) is 7.39. The molecular weight excluding hydrogens is 401 g/mol. The van der Waals surface area contributed by atoms with Gasteiger partial charge in [0.1, 0.15) is 23.9 Å². The Labute approximate surface area is 178 Å². The molecule has 7 nitrogen and oxygen atoms in total. The number of rotatable bonds is 7. The van der Waals surface area contributed by atoms with E-state index < -0.39 is 11.9 Å². The van der Waals surface area contributed by atoms with Crippen LogP contribution >= 0.6 is 0 Å². The Morgan fingerprint density at radius 1 is 0.968 bits per heavy atom. The summed E-state index contributed by atoms with van der Waals surface area (Å²) in [6, 6.07) is 18.3. The third-order valence-corrected chi connectivity index (χ3v) is 5.19. The zero-order valence-electron chi connectivity index (χ0n) is 16.7. The molecule has 160 valence electrons. The summed E-state index contributed by atoms with van der Waals surface area (Å²) in [6.45, 7) is 0.445. The van der Waals surface area contributed by atoms with Crippen LogP contribution in [-0.2, 0) is 12.0 Å². The lowest BCUT2D eigenvalue weighted by molar-refractivity contribution is 0.0904. The molecule has 0 spiro atoms. The monoisotopic (exact) mass is 423 g/mol. The first-order valence-electron chi connectivity index (χ1n) is 9.91. The summed E-state index contributed by atoms with van der Waals surface area (Å²) in [7, 11) is 0. The number of benzene rings is 2. The Morgan fingerprint density at radius 2 is 1.71 bits per heavy atom. The van der Waals surface area contributed by atoms with E-state index in [1.54, 1.807) is 24.3 Å². The molecule has 0 saturated heterocycles. The predicted molar refractivity (Wildman–Crippen MR) is 111 cm³/mol. The maximum Gasteiger partial charge on any atom is 0.333 e. The molecule has 31 heavy (non-hydrogen) atoms. The van der Waals surface area contributed by atoms with Gasteiger partial charge < -0.3 is 14.5 Å². The Morgan fingerprint density at radius 3 is 2.45 bits per heavy atom. The number of carbonyl (C=O) groups excluding carboxylic acids is 2. The number of nitrogens with one attached hydrogen (secondary N) is 3. The third-order valence-electron chi connectivity index (χ3n) is 5.19. The predicted octanol–water partition coefficient (Wildman–Crippen LogP) is 3.67. The Bertz CT molecular complexity index is 1060. The molecule has 3 N–H and O–H groups in total. The topological polar surface area (TPSA) is 92.6 Å². The molecule has 0 aliphatic heterocycles. The molecule has 1 aliphatic rings. The molecule has 0 atom stereocenters. The minimum atomic E-state index is -0.601. The molecule has 3 amide bonds. The van der Waals surface area contributed by atoms with Crippen molar-refractivity contribution in [1.29, 1.82) is 0 Å². The van der Waals surface area contributed by atoms with Crippen LogP contribution in [0.2, 0.25) is 0 Å². The van der Waals surface area contributed by atoms with Crippen molar-refractivity contribution < 1.29 is 23.1 Å². The van der Waals surface area contributed by atoms with Crippen molar-refractivity contribution in [3.8, 4) is 5.75 Å². The number of hydrazine groups is 1. The van der Waals surface area contributed by atoms with Gasteiger partial charge in [-0.15, -0.1) is 0 Å². The van der Waals surface area contributed by atoms with Crippen LogP contribution in [0.3, 0.4) is 0 Å². The SMILES string of the molecule is O=C(NCC1(c2ccccc2F)CC1)NNC(=O)c1ccc(COc2ccccc2)o1. The minimum Gasteiger partial charge on any atom is -0.486 e. The Hall–Kier alpha value is -3.81. The van der Waals surface area contributed by atoms with E-state index in [-0.39, 0.29) is 30.1 Å². The zero-order chi connectivity index (χ0) is 21.7. The molecule has 1 saturated carbocycles.